The number of aryl methyl sites for hydroxylation is 1. The fourth-order valence-corrected chi connectivity index (χ4v) is 5.58. The van der Waals surface area contributed by atoms with Gasteiger partial charge in [0.1, 0.15) is 6.61 Å². The highest BCUT2D eigenvalue weighted by atomic mass is 16.5. The molecule has 0 aromatic heterocycles. The van der Waals surface area contributed by atoms with Gasteiger partial charge in [-0.25, -0.2) is 0 Å². The van der Waals surface area contributed by atoms with E-state index in [1.807, 2.05) is 54.7 Å². The summed E-state index contributed by atoms with van der Waals surface area (Å²) in [4.78, 5) is 4.72. The number of methoxy groups -OCH3 is 1. The van der Waals surface area contributed by atoms with Gasteiger partial charge >= 0.3 is 0 Å². The molecule has 2 aliphatic rings. The molecular formula is C34H32N2O2. The molecule has 0 saturated carbocycles. The molecule has 4 heteroatoms. The third-order valence-electron chi connectivity index (χ3n) is 7.56. The van der Waals surface area contributed by atoms with Gasteiger partial charge in [0.15, 0.2) is 11.5 Å². The Labute approximate surface area is 224 Å². The van der Waals surface area contributed by atoms with Gasteiger partial charge < -0.3 is 14.8 Å². The Kier molecular flexibility index (Phi) is 6.70. The molecule has 0 fully saturated rings. The van der Waals surface area contributed by atoms with Crippen LogP contribution >= 0.6 is 0 Å². The topological polar surface area (TPSA) is 42.8 Å². The molecule has 4 aromatic carbocycles. The number of fused-ring (bicyclic) bond motifs is 3. The van der Waals surface area contributed by atoms with Crippen molar-refractivity contribution in [1.29, 1.82) is 0 Å². The Morgan fingerprint density at radius 1 is 0.921 bits per heavy atom. The predicted octanol–water partition coefficient (Wildman–Crippen LogP) is 8.16. The maximum atomic E-state index is 5.98. The summed E-state index contributed by atoms with van der Waals surface area (Å²) < 4.78 is 11.6. The van der Waals surface area contributed by atoms with Gasteiger partial charge in [-0.05, 0) is 77.9 Å². The first-order valence-corrected chi connectivity index (χ1v) is 13.2. The first-order valence-electron chi connectivity index (χ1n) is 13.2. The zero-order valence-electron chi connectivity index (χ0n) is 21.8. The van der Waals surface area contributed by atoms with Crippen LogP contribution in [0, 0.1) is 12.8 Å². The fourth-order valence-electron chi connectivity index (χ4n) is 5.58. The van der Waals surface area contributed by atoms with Crippen LogP contribution in [0.2, 0.25) is 0 Å². The van der Waals surface area contributed by atoms with Crippen LogP contribution in [0.1, 0.15) is 46.2 Å². The zero-order valence-corrected chi connectivity index (χ0v) is 21.8. The lowest BCUT2D eigenvalue weighted by Crippen LogP contribution is -2.29. The number of hydrogen-bond acceptors (Lipinski definition) is 4. The Balaban J connectivity index is 1.15. The van der Waals surface area contributed by atoms with E-state index in [1.54, 1.807) is 7.11 Å². The molecule has 0 spiro atoms. The second-order valence-electron chi connectivity index (χ2n) is 10.1. The Bertz CT molecular complexity index is 1470. The van der Waals surface area contributed by atoms with Gasteiger partial charge in [-0.3, -0.25) is 4.99 Å². The van der Waals surface area contributed by atoms with E-state index >= 15 is 0 Å². The highest BCUT2D eigenvalue weighted by molar-refractivity contribution is 5.83. The Morgan fingerprint density at radius 3 is 2.58 bits per heavy atom. The van der Waals surface area contributed by atoms with Gasteiger partial charge in [-0.1, -0.05) is 72.3 Å². The molecule has 0 amide bonds. The van der Waals surface area contributed by atoms with Crippen LogP contribution < -0.4 is 14.8 Å². The molecule has 1 aliphatic carbocycles. The lowest BCUT2D eigenvalue weighted by Gasteiger charge is -2.37. The predicted molar refractivity (Wildman–Crippen MR) is 155 cm³/mol. The molecule has 0 radical (unpaired) electrons. The summed E-state index contributed by atoms with van der Waals surface area (Å²) in [6, 6.07) is 31.7. The van der Waals surface area contributed by atoms with E-state index in [-0.39, 0.29) is 6.04 Å². The van der Waals surface area contributed by atoms with Crippen molar-refractivity contribution in [1.82, 2.24) is 0 Å². The number of ether oxygens (including phenoxy) is 2. The average molecular weight is 501 g/mol. The Morgan fingerprint density at radius 2 is 1.76 bits per heavy atom. The van der Waals surface area contributed by atoms with E-state index in [1.165, 1.54) is 22.4 Å². The van der Waals surface area contributed by atoms with E-state index in [2.05, 4.69) is 66.9 Å². The molecular weight excluding hydrogens is 468 g/mol. The monoisotopic (exact) mass is 500 g/mol. The second kappa shape index (κ2) is 10.6. The fraction of sp³-hybridized carbons (Fsp3) is 0.206. The molecule has 190 valence electrons. The Hall–Kier alpha value is -4.31. The first kappa shape index (κ1) is 24.1. The van der Waals surface area contributed by atoms with Gasteiger partial charge in [0.25, 0.3) is 0 Å². The van der Waals surface area contributed by atoms with Crippen LogP contribution in [0.3, 0.4) is 0 Å². The lowest BCUT2D eigenvalue weighted by molar-refractivity contribution is 0.284. The smallest absolute Gasteiger partial charge is 0.161 e. The van der Waals surface area contributed by atoms with Crippen molar-refractivity contribution in [3.8, 4) is 11.5 Å². The highest BCUT2D eigenvalue weighted by Crippen LogP contribution is 2.50. The summed E-state index contributed by atoms with van der Waals surface area (Å²) in [5, 5.41) is 3.82. The van der Waals surface area contributed by atoms with Gasteiger partial charge in [0.05, 0.1) is 18.8 Å². The van der Waals surface area contributed by atoms with Gasteiger partial charge in [0.2, 0.25) is 0 Å². The van der Waals surface area contributed by atoms with Gasteiger partial charge in [0, 0.05) is 17.8 Å². The minimum Gasteiger partial charge on any atom is -0.493 e. The maximum Gasteiger partial charge on any atom is 0.161 e. The van der Waals surface area contributed by atoms with E-state index in [0.717, 1.165) is 23.2 Å². The van der Waals surface area contributed by atoms with Crippen molar-refractivity contribution < 1.29 is 9.47 Å². The lowest BCUT2D eigenvalue weighted by atomic mass is 9.76. The molecule has 3 atom stereocenters. The van der Waals surface area contributed by atoms with Crippen molar-refractivity contribution in [3.63, 3.8) is 0 Å². The van der Waals surface area contributed by atoms with Gasteiger partial charge in [-0.2, -0.15) is 0 Å². The number of anilines is 1. The number of hydrogen-bond donors (Lipinski definition) is 1. The number of nitrogens with zero attached hydrogens (tertiary/aromatic N) is 1. The molecule has 0 bridgehead atoms. The number of benzene rings is 4. The van der Waals surface area contributed by atoms with Crippen LogP contribution in [0.15, 0.2) is 108 Å². The summed E-state index contributed by atoms with van der Waals surface area (Å²) in [5.74, 6) is 2.42. The standard InChI is InChI=1S/C34H32N2O2/c1-23-11-17-31-30(19-23)28-9-6-10-29(28)34(36-31)26-13-15-27(16-14-26)35-21-25-12-18-32(33(20-25)37-2)38-22-24-7-4-3-5-8-24/h3-9,11-21,28-29,34,36H,10,22H2,1-2H3/t28-,29+,34+/m1/s1. The van der Waals surface area contributed by atoms with E-state index in [4.69, 9.17) is 14.5 Å². The maximum absolute atomic E-state index is 5.98. The molecule has 4 nitrogen and oxygen atoms in total. The van der Waals surface area contributed by atoms with Crippen LogP contribution in [-0.4, -0.2) is 13.3 Å². The van der Waals surface area contributed by atoms with E-state index < -0.39 is 0 Å². The quantitative estimate of drug-likeness (QED) is 0.206. The molecule has 0 unspecified atom stereocenters. The van der Waals surface area contributed by atoms with Crippen LogP contribution in [0.4, 0.5) is 11.4 Å². The number of rotatable bonds is 7. The molecule has 1 N–H and O–H groups in total. The molecule has 1 aliphatic heterocycles. The second-order valence-corrected chi connectivity index (χ2v) is 10.1. The SMILES string of the molecule is COc1cc(C=Nc2ccc([C@@H]3Nc4ccc(C)cc4[C@@H]4C=CC[C@@H]43)cc2)ccc1OCc1ccccc1. The molecule has 4 aromatic rings. The van der Waals surface area contributed by atoms with Crippen molar-refractivity contribution in [3.05, 3.63) is 131 Å². The molecule has 1 heterocycles. The minimum atomic E-state index is 0.288. The largest absolute Gasteiger partial charge is 0.493 e. The molecule has 6 rings (SSSR count). The van der Waals surface area contributed by atoms with Crippen molar-refractivity contribution in [2.45, 2.75) is 31.9 Å². The third-order valence-corrected chi connectivity index (χ3v) is 7.56. The minimum absolute atomic E-state index is 0.288. The highest BCUT2D eigenvalue weighted by Gasteiger charge is 2.37. The van der Waals surface area contributed by atoms with Crippen LogP contribution in [0.25, 0.3) is 0 Å². The summed E-state index contributed by atoms with van der Waals surface area (Å²) in [5.41, 5.74) is 8.29. The van der Waals surface area contributed by atoms with Crippen molar-refractivity contribution in [2.24, 2.45) is 10.9 Å². The molecule has 0 saturated heterocycles. The number of allylic oxidation sites excluding steroid dienone is 2. The summed E-state index contributed by atoms with van der Waals surface area (Å²) in [7, 11) is 1.66. The average Bonchev–Trinajstić information content (AvgIpc) is 3.46. The molecule has 38 heavy (non-hydrogen) atoms. The van der Waals surface area contributed by atoms with E-state index in [0.29, 0.717) is 29.9 Å². The first-order chi connectivity index (χ1) is 18.7. The normalized spacial score (nSPS) is 19.6. The summed E-state index contributed by atoms with van der Waals surface area (Å²) >= 11 is 0. The van der Waals surface area contributed by atoms with E-state index in [9.17, 15) is 0 Å². The van der Waals surface area contributed by atoms with Gasteiger partial charge in [-0.15, -0.1) is 0 Å². The number of nitrogens with one attached hydrogen (secondary N) is 1. The van der Waals surface area contributed by atoms with Crippen LogP contribution in [-0.2, 0) is 6.61 Å². The third kappa shape index (κ3) is 4.95. The van der Waals surface area contributed by atoms with Crippen molar-refractivity contribution >= 4 is 17.6 Å². The zero-order chi connectivity index (χ0) is 25.9. The van der Waals surface area contributed by atoms with Crippen LogP contribution in [0.5, 0.6) is 11.5 Å². The summed E-state index contributed by atoms with van der Waals surface area (Å²) in [6.45, 7) is 2.67. The summed E-state index contributed by atoms with van der Waals surface area (Å²) in [6.07, 6.45) is 7.70. The van der Waals surface area contributed by atoms with Crippen molar-refractivity contribution in [2.75, 3.05) is 12.4 Å². The number of aliphatic imine (C=N–C) groups is 1.